The molecule has 0 fully saturated rings. The molecule has 3 unspecified atom stereocenters. The van der Waals surface area contributed by atoms with Crippen LogP contribution in [-0.2, 0) is 0 Å². The minimum atomic E-state index is -2.13. The van der Waals surface area contributed by atoms with Crippen LogP contribution < -0.4 is 10.1 Å². The summed E-state index contributed by atoms with van der Waals surface area (Å²) in [6, 6.07) is 2.64. The molecule has 0 spiro atoms. The number of nitro groups is 1. The number of amides is 1. The second-order valence-electron chi connectivity index (χ2n) is 7.25. The highest BCUT2D eigenvalue weighted by Crippen LogP contribution is 2.39. The van der Waals surface area contributed by atoms with Gasteiger partial charge in [-0.15, -0.1) is 0 Å². The predicted octanol–water partition coefficient (Wildman–Crippen LogP) is 4.26. The summed E-state index contributed by atoms with van der Waals surface area (Å²) < 4.78 is 19.4. The van der Waals surface area contributed by atoms with Crippen molar-refractivity contribution in [3.8, 4) is 5.75 Å². The van der Waals surface area contributed by atoms with E-state index in [9.17, 15) is 24.4 Å². The maximum absolute atomic E-state index is 13.8. The average molecular weight is 399 g/mol. The van der Waals surface area contributed by atoms with Crippen molar-refractivity contribution in [2.24, 2.45) is 11.3 Å². The van der Waals surface area contributed by atoms with Crippen LogP contribution in [0.5, 0.6) is 5.75 Å². The number of hydrogen-bond acceptors (Lipinski definition) is 4. The van der Waals surface area contributed by atoms with E-state index in [4.69, 9.17) is 16.3 Å². The predicted molar refractivity (Wildman–Crippen MR) is 97.9 cm³/mol. The van der Waals surface area contributed by atoms with Gasteiger partial charge in [0.15, 0.2) is 0 Å². The van der Waals surface area contributed by atoms with Crippen LogP contribution in [0.3, 0.4) is 0 Å². The van der Waals surface area contributed by atoms with Crippen molar-refractivity contribution < 1.29 is 24.0 Å². The quantitative estimate of drug-likeness (QED) is 0.438. The normalized spacial score (nSPS) is 22.9. The summed E-state index contributed by atoms with van der Waals surface area (Å²) in [5, 5.41) is 23.5. The second kappa shape index (κ2) is 7.56. The standard InChI is InChI=1S/C18H20ClFN2O5/c1-17(2,3)15(21-16(23)24)12-6-4-5-9-18(12,22(25)26)27-11-7-8-13(19)14(20)10-11/h4-10,12,15,21H,1-3H3,(H,23,24). The second-order valence-corrected chi connectivity index (χ2v) is 7.66. The van der Waals surface area contributed by atoms with Crippen LogP contribution in [0.15, 0.2) is 42.5 Å². The number of allylic oxidation sites excluding steroid dienone is 2. The van der Waals surface area contributed by atoms with Crippen molar-refractivity contribution in [3.63, 3.8) is 0 Å². The first-order valence-electron chi connectivity index (χ1n) is 8.11. The molecule has 2 N–H and O–H groups in total. The Bertz CT molecular complexity index is 805. The zero-order valence-corrected chi connectivity index (χ0v) is 15.7. The lowest BCUT2D eigenvalue weighted by atomic mass is 9.73. The molecule has 0 bridgehead atoms. The van der Waals surface area contributed by atoms with Gasteiger partial charge in [0.2, 0.25) is 0 Å². The average Bonchev–Trinajstić information content (AvgIpc) is 2.55. The molecule has 0 radical (unpaired) electrons. The third-order valence-corrected chi connectivity index (χ3v) is 4.58. The first kappa shape index (κ1) is 20.7. The fourth-order valence-electron chi connectivity index (χ4n) is 3.01. The highest BCUT2D eigenvalue weighted by molar-refractivity contribution is 6.30. The van der Waals surface area contributed by atoms with Gasteiger partial charge in [0.05, 0.1) is 16.0 Å². The summed E-state index contributed by atoms with van der Waals surface area (Å²) in [5.41, 5.74) is -2.80. The number of rotatable bonds is 5. The van der Waals surface area contributed by atoms with E-state index in [1.54, 1.807) is 26.8 Å². The van der Waals surface area contributed by atoms with Crippen LogP contribution in [0.25, 0.3) is 0 Å². The van der Waals surface area contributed by atoms with E-state index in [0.717, 1.165) is 6.07 Å². The molecule has 1 aliphatic rings. The highest BCUT2D eigenvalue weighted by Gasteiger charge is 2.57. The van der Waals surface area contributed by atoms with E-state index in [-0.39, 0.29) is 10.8 Å². The van der Waals surface area contributed by atoms with Crippen molar-refractivity contribution in [3.05, 3.63) is 63.5 Å². The SMILES string of the molecule is CC(C)(C)C(NC(=O)O)C1C=CC=CC1(Oc1ccc(Cl)c(F)c1)[N+](=O)[O-]. The van der Waals surface area contributed by atoms with Gasteiger partial charge in [-0.05, 0) is 17.5 Å². The Morgan fingerprint density at radius 1 is 1.44 bits per heavy atom. The fraction of sp³-hybridized carbons (Fsp3) is 0.389. The van der Waals surface area contributed by atoms with Gasteiger partial charge in [0, 0.05) is 12.1 Å². The molecule has 0 aliphatic heterocycles. The van der Waals surface area contributed by atoms with E-state index < -0.39 is 39.9 Å². The van der Waals surface area contributed by atoms with E-state index in [1.165, 1.54) is 30.4 Å². The third-order valence-electron chi connectivity index (χ3n) is 4.27. The van der Waals surface area contributed by atoms with Crippen LogP contribution in [0.2, 0.25) is 5.02 Å². The molecular weight excluding hydrogens is 379 g/mol. The fourth-order valence-corrected chi connectivity index (χ4v) is 3.12. The van der Waals surface area contributed by atoms with Gasteiger partial charge in [-0.3, -0.25) is 10.1 Å². The Morgan fingerprint density at radius 2 is 2.11 bits per heavy atom. The van der Waals surface area contributed by atoms with Gasteiger partial charge in [-0.1, -0.05) is 50.6 Å². The molecule has 27 heavy (non-hydrogen) atoms. The van der Waals surface area contributed by atoms with Crippen LogP contribution in [0.1, 0.15) is 20.8 Å². The van der Waals surface area contributed by atoms with Crippen molar-refractivity contribution in [2.45, 2.75) is 32.5 Å². The number of ether oxygens (including phenoxy) is 1. The maximum atomic E-state index is 13.8. The molecule has 1 amide bonds. The van der Waals surface area contributed by atoms with Gasteiger partial charge in [-0.25, -0.2) is 9.18 Å². The monoisotopic (exact) mass is 398 g/mol. The molecule has 0 saturated heterocycles. The van der Waals surface area contributed by atoms with E-state index in [2.05, 4.69) is 5.32 Å². The minimum Gasteiger partial charge on any atom is -0.465 e. The molecule has 1 aromatic carbocycles. The van der Waals surface area contributed by atoms with Gasteiger partial charge >= 0.3 is 11.8 Å². The number of hydrogen-bond donors (Lipinski definition) is 2. The highest BCUT2D eigenvalue weighted by atomic mass is 35.5. The van der Waals surface area contributed by atoms with E-state index in [0.29, 0.717) is 0 Å². The molecule has 9 heteroatoms. The van der Waals surface area contributed by atoms with E-state index >= 15 is 0 Å². The Balaban J connectivity index is 2.54. The number of carbonyl (C=O) groups is 1. The first-order valence-corrected chi connectivity index (χ1v) is 8.49. The molecule has 2 rings (SSSR count). The maximum Gasteiger partial charge on any atom is 0.404 e. The molecule has 0 saturated carbocycles. The van der Waals surface area contributed by atoms with Gasteiger partial charge in [0.1, 0.15) is 17.5 Å². The molecule has 0 heterocycles. The molecule has 0 aromatic heterocycles. The van der Waals surface area contributed by atoms with Crippen molar-refractivity contribution in [1.29, 1.82) is 0 Å². The minimum absolute atomic E-state index is 0.0958. The Kier molecular flexibility index (Phi) is 5.79. The van der Waals surface area contributed by atoms with Crippen LogP contribution in [0.4, 0.5) is 9.18 Å². The topological polar surface area (TPSA) is 102 Å². The van der Waals surface area contributed by atoms with Crippen molar-refractivity contribution in [2.75, 3.05) is 0 Å². The van der Waals surface area contributed by atoms with Crippen molar-refractivity contribution >= 4 is 17.7 Å². The lowest BCUT2D eigenvalue weighted by molar-refractivity contribution is -0.610. The lowest BCUT2D eigenvalue weighted by Gasteiger charge is -2.40. The van der Waals surface area contributed by atoms with Gasteiger partial charge < -0.3 is 15.2 Å². The zero-order valence-electron chi connectivity index (χ0n) is 15.0. The van der Waals surface area contributed by atoms with E-state index in [1.807, 2.05) is 0 Å². The van der Waals surface area contributed by atoms with Crippen LogP contribution >= 0.6 is 11.6 Å². The Morgan fingerprint density at radius 3 is 2.63 bits per heavy atom. The molecule has 7 nitrogen and oxygen atoms in total. The number of nitrogens with zero attached hydrogens (tertiary/aromatic N) is 1. The van der Waals surface area contributed by atoms with Crippen LogP contribution in [-0.4, -0.2) is 27.9 Å². The summed E-state index contributed by atoms with van der Waals surface area (Å²) in [5.74, 6) is -1.87. The van der Waals surface area contributed by atoms with Gasteiger partial charge in [-0.2, -0.15) is 0 Å². The van der Waals surface area contributed by atoms with Crippen molar-refractivity contribution in [1.82, 2.24) is 5.32 Å². The first-order chi connectivity index (χ1) is 12.5. The number of nitrogens with one attached hydrogen (secondary N) is 1. The molecular formula is C18H20ClFN2O5. The smallest absolute Gasteiger partial charge is 0.404 e. The molecule has 1 aliphatic carbocycles. The molecule has 146 valence electrons. The third kappa shape index (κ3) is 4.39. The Labute approximate surface area is 160 Å². The number of halogens is 2. The summed E-state index contributed by atoms with van der Waals surface area (Å²) in [4.78, 5) is 22.7. The van der Waals surface area contributed by atoms with Crippen LogP contribution in [0, 0.1) is 27.3 Å². The summed E-state index contributed by atoms with van der Waals surface area (Å²) in [6.07, 6.45) is 4.45. The largest absolute Gasteiger partial charge is 0.465 e. The summed E-state index contributed by atoms with van der Waals surface area (Å²) in [6.45, 7) is 5.27. The summed E-state index contributed by atoms with van der Waals surface area (Å²) in [7, 11) is 0. The van der Waals surface area contributed by atoms with Gasteiger partial charge in [0.25, 0.3) is 0 Å². The lowest BCUT2D eigenvalue weighted by Crippen LogP contribution is -2.60. The Hall–Kier alpha value is -2.61. The number of benzene rings is 1. The molecule has 1 aromatic rings. The molecule has 3 atom stereocenters. The number of carboxylic acid groups (broad SMARTS) is 1. The summed E-state index contributed by atoms with van der Waals surface area (Å²) >= 11 is 5.65. The zero-order chi connectivity index (χ0) is 20.4.